The first kappa shape index (κ1) is 23.9. The normalized spacial score (nSPS) is 15.3. The second kappa shape index (κ2) is 7.68. The average molecular weight is 514 g/mol. The molecule has 1 unspecified atom stereocenters. The first-order valence-corrected chi connectivity index (χ1v) is 9.04. The molecular formula is C18H11BrClF9. The summed E-state index contributed by atoms with van der Waals surface area (Å²) in [6, 6.07) is 6.44. The van der Waals surface area contributed by atoms with Crippen molar-refractivity contribution in [3.63, 3.8) is 0 Å². The van der Waals surface area contributed by atoms with Gasteiger partial charge in [0.15, 0.2) is 0 Å². The minimum absolute atomic E-state index is 0.0556. The summed E-state index contributed by atoms with van der Waals surface area (Å²) in [5, 5.41) is -0.265. The minimum atomic E-state index is -6.82. The first-order chi connectivity index (χ1) is 13.1. The van der Waals surface area contributed by atoms with E-state index in [1.165, 1.54) is 31.2 Å². The molecule has 160 valence electrons. The summed E-state index contributed by atoms with van der Waals surface area (Å²) >= 11 is 8.78. The molecule has 2 rings (SSSR count). The largest absolute Gasteiger partial charge is 0.457 e. The number of rotatable bonds is 4. The fraction of sp³-hybridized carbons (Fsp3) is 0.333. The van der Waals surface area contributed by atoms with Gasteiger partial charge in [-0.25, -0.2) is 4.39 Å². The molecule has 0 aliphatic heterocycles. The second-order valence-electron chi connectivity index (χ2n) is 6.06. The van der Waals surface area contributed by atoms with Crippen molar-refractivity contribution in [3.05, 3.63) is 57.0 Å². The number of alkyl halides is 9. The van der Waals surface area contributed by atoms with Gasteiger partial charge in [0.1, 0.15) is 0 Å². The Bertz CT molecular complexity index is 905. The number of halogens is 11. The Balaban J connectivity index is 3.06. The molecule has 0 saturated carbocycles. The van der Waals surface area contributed by atoms with Crippen LogP contribution in [0.2, 0.25) is 5.02 Å². The van der Waals surface area contributed by atoms with E-state index in [1.807, 2.05) is 0 Å². The van der Waals surface area contributed by atoms with E-state index in [9.17, 15) is 35.1 Å². The lowest BCUT2D eigenvalue weighted by molar-refractivity contribution is -0.389. The Morgan fingerprint density at radius 1 is 0.862 bits per heavy atom. The van der Waals surface area contributed by atoms with Crippen LogP contribution >= 0.6 is 27.5 Å². The Hall–Kier alpha value is -1.42. The molecule has 0 aliphatic carbocycles. The summed E-state index contributed by atoms with van der Waals surface area (Å²) in [7, 11) is 0. The van der Waals surface area contributed by atoms with Crippen LogP contribution in [0.15, 0.2) is 40.9 Å². The van der Waals surface area contributed by atoms with E-state index in [2.05, 4.69) is 15.9 Å². The molecule has 1 atom stereocenters. The summed E-state index contributed by atoms with van der Waals surface area (Å²) < 4.78 is 122. The van der Waals surface area contributed by atoms with Crippen LogP contribution < -0.4 is 0 Å². The van der Waals surface area contributed by atoms with E-state index in [0.717, 1.165) is 6.07 Å². The van der Waals surface area contributed by atoms with E-state index in [0.29, 0.717) is 6.07 Å². The lowest BCUT2D eigenvalue weighted by Gasteiger charge is -2.37. The molecule has 2 aromatic rings. The van der Waals surface area contributed by atoms with Gasteiger partial charge in [0.2, 0.25) is 0 Å². The molecule has 29 heavy (non-hydrogen) atoms. The zero-order valence-electron chi connectivity index (χ0n) is 14.3. The van der Waals surface area contributed by atoms with Crippen LogP contribution in [0.5, 0.6) is 0 Å². The summed E-state index contributed by atoms with van der Waals surface area (Å²) in [4.78, 5) is 0. The average Bonchev–Trinajstić information content (AvgIpc) is 2.59. The maximum absolute atomic E-state index is 15.2. The molecule has 0 bridgehead atoms. The zero-order chi connectivity index (χ0) is 22.4. The lowest BCUT2D eigenvalue weighted by Crippen LogP contribution is -2.60. The van der Waals surface area contributed by atoms with E-state index in [4.69, 9.17) is 11.6 Å². The molecule has 0 radical (unpaired) electrons. The standard InChI is InChI=1S/C18H11BrClF9/c1-2-9-7-11(14(12(19)8-9)10-5-3-4-6-13(10)20)15(21,17(24,25)26)16(22,23)18(27,28)29/h3-8H,2H2,1H3. The van der Waals surface area contributed by atoms with Crippen LogP contribution in [0.1, 0.15) is 18.1 Å². The Morgan fingerprint density at radius 2 is 1.41 bits per heavy atom. The van der Waals surface area contributed by atoms with Gasteiger partial charge in [0, 0.05) is 26.2 Å². The molecule has 0 fully saturated rings. The van der Waals surface area contributed by atoms with Crippen molar-refractivity contribution in [2.24, 2.45) is 0 Å². The molecule has 0 heterocycles. The topological polar surface area (TPSA) is 0 Å². The molecule has 0 saturated heterocycles. The van der Waals surface area contributed by atoms with E-state index < -0.39 is 35.1 Å². The second-order valence-corrected chi connectivity index (χ2v) is 7.32. The Labute approximate surface area is 172 Å². The van der Waals surface area contributed by atoms with Gasteiger partial charge < -0.3 is 0 Å². The molecule has 0 amide bonds. The van der Waals surface area contributed by atoms with Crippen molar-refractivity contribution >= 4 is 27.5 Å². The monoisotopic (exact) mass is 512 g/mol. The maximum Gasteiger partial charge on any atom is 0.457 e. The van der Waals surface area contributed by atoms with Crippen molar-refractivity contribution < 1.29 is 39.5 Å². The highest BCUT2D eigenvalue weighted by atomic mass is 79.9. The quantitative estimate of drug-likeness (QED) is 0.361. The van der Waals surface area contributed by atoms with Crippen molar-refractivity contribution in [2.45, 2.75) is 37.3 Å². The number of hydrogen-bond donors (Lipinski definition) is 0. The van der Waals surface area contributed by atoms with Crippen LogP contribution in [-0.2, 0) is 12.1 Å². The molecule has 0 aliphatic rings. The van der Waals surface area contributed by atoms with Crippen molar-refractivity contribution in [2.75, 3.05) is 0 Å². The van der Waals surface area contributed by atoms with E-state index in [1.54, 1.807) is 0 Å². The maximum atomic E-state index is 15.2. The van der Waals surface area contributed by atoms with Crippen molar-refractivity contribution in [3.8, 4) is 11.1 Å². The highest BCUT2D eigenvalue weighted by Crippen LogP contribution is 2.60. The zero-order valence-corrected chi connectivity index (χ0v) is 16.7. The van der Waals surface area contributed by atoms with E-state index >= 15 is 4.39 Å². The summed E-state index contributed by atoms with van der Waals surface area (Å²) in [6.07, 6.45) is -13.5. The smallest absolute Gasteiger partial charge is 0.221 e. The first-order valence-electron chi connectivity index (χ1n) is 7.87. The highest BCUT2D eigenvalue weighted by Gasteiger charge is 2.82. The van der Waals surface area contributed by atoms with Crippen LogP contribution in [0, 0.1) is 0 Å². The fourth-order valence-corrected chi connectivity index (χ4v) is 3.72. The summed E-state index contributed by atoms with van der Waals surface area (Å²) in [6.45, 7) is 1.41. The van der Waals surface area contributed by atoms with Crippen LogP contribution in [0.4, 0.5) is 39.5 Å². The van der Waals surface area contributed by atoms with Gasteiger partial charge in [0.25, 0.3) is 0 Å². The van der Waals surface area contributed by atoms with Gasteiger partial charge >= 0.3 is 23.9 Å². The summed E-state index contributed by atoms with van der Waals surface area (Å²) in [5.74, 6) is -6.78. The third-order valence-corrected chi connectivity index (χ3v) is 5.21. The molecule has 2 aromatic carbocycles. The summed E-state index contributed by atoms with van der Waals surface area (Å²) in [5.41, 5.74) is -9.24. The van der Waals surface area contributed by atoms with Gasteiger partial charge in [-0.05, 0) is 24.1 Å². The minimum Gasteiger partial charge on any atom is -0.221 e. The predicted molar refractivity (Wildman–Crippen MR) is 93.8 cm³/mol. The predicted octanol–water partition coefficient (Wildman–Crippen LogP) is 8.26. The van der Waals surface area contributed by atoms with Crippen molar-refractivity contribution in [1.82, 2.24) is 0 Å². The van der Waals surface area contributed by atoms with Crippen LogP contribution in [0.3, 0.4) is 0 Å². The third kappa shape index (κ3) is 3.85. The molecule has 0 nitrogen and oxygen atoms in total. The van der Waals surface area contributed by atoms with Gasteiger partial charge in [-0.15, -0.1) is 0 Å². The molecule has 11 heteroatoms. The molecular weight excluding hydrogens is 503 g/mol. The Morgan fingerprint density at radius 3 is 1.86 bits per heavy atom. The number of hydrogen-bond acceptors (Lipinski definition) is 0. The van der Waals surface area contributed by atoms with Crippen LogP contribution in [0.25, 0.3) is 11.1 Å². The van der Waals surface area contributed by atoms with E-state index in [-0.39, 0.29) is 27.0 Å². The van der Waals surface area contributed by atoms with Crippen molar-refractivity contribution in [1.29, 1.82) is 0 Å². The Kier molecular flexibility index (Phi) is 6.32. The van der Waals surface area contributed by atoms with Gasteiger partial charge in [-0.3, -0.25) is 0 Å². The number of aryl methyl sites for hydroxylation is 1. The molecule has 0 aromatic heterocycles. The van der Waals surface area contributed by atoms with Gasteiger partial charge in [-0.1, -0.05) is 58.7 Å². The molecule has 0 spiro atoms. The van der Waals surface area contributed by atoms with Gasteiger partial charge in [0.05, 0.1) is 0 Å². The van der Waals surface area contributed by atoms with Gasteiger partial charge in [-0.2, -0.15) is 35.1 Å². The SMILES string of the molecule is CCc1cc(Br)c(-c2ccccc2Cl)c(C(F)(C(F)(F)F)C(F)(F)C(F)(F)F)c1. The highest BCUT2D eigenvalue weighted by molar-refractivity contribution is 9.10. The van der Waals surface area contributed by atoms with Crippen LogP contribution in [-0.4, -0.2) is 18.3 Å². The third-order valence-electron chi connectivity index (χ3n) is 4.25. The fourth-order valence-electron chi connectivity index (χ4n) is 2.77. The number of benzene rings is 2. The molecule has 0 N–H and O–H groups in total. The lowest BCUT2D eigenvalue weighted by atomic mass is 9.81.